The Morgan fingerprint density at radius 2 is 2.03 bits per heavy atom. The molecule has 10 heteroatoms. The summed E-state index contributed by atoms with van der Waals surface area (Å²) in [6, 6.07) is 7.47. The minimum Gasteiger partial charge on any atom is -0.444 e. The van der Waals surface area contributed by atoms with E-state index in [2.05, 4.69) is 10.3 Å². The van der Waals surface area contributed by atoms with Gasteiger partial charge < -0.3 is 15.0 Å². The lowest BCUT2D eigenvalue weighted by atomic mass is 10.1. The molecule has 3 rings (SSSR count). The predicted molar refractivity (Wildman–Crippen MR) is 119 cm³/mol. The van der Waals surface area contributed by atoms with Gasteiger partial charge in [-0.15, -0.1) is 0 Å². The number of alkyl carbamates (subject to hydrolysis) is 1. The smallest absolute Gasteiger partial charge is 0.407 e. The van der Waals surface area contributed by atoms with Gasteiger partial charge in [-0.2, -0.15) is 4.99 Å². The first-order valence-electron chi connectivity index (χ1n) is 9.75. The number of hydrogen-bond donors (Lipinski definition) is 1. The van der Waals surface area contributed by atoms with Crippen LogP contribution in [0.3, 0.4) is 0 Å². The average Bonchev–Trinajstić information content (AvgIpc) is 3.03. The fourth-order valence-electron chi connectivity index (χ4n) is 3.39. The number of anilines is 1. The topological polar surface area (TPSA) is 105 Å². The fraction of sp³-hybridized carbons (Fsp3) is 0.550. The van der Waals surface area contributed by atoms with Crippen molar-refractivity contribution in [1.82, 2.24) is 5.32 Å². The molecule has 2 saturated heterocycles. The molecule has 2 aliphatic rings. The van der Waals surface area contributed by atoms with E-state index in [1.54, 1.807) is 20.8 Å². The maximum absolute atomic E-state index is 12.4. The Labute approximate surface area is 181 Å². The first-order chi connectivity index (χ1) is 13.9. The van der Waals surface area contributed by atoms with Gasteiger partial charge in [-0.05, 0) is 45.4 Å². The molecule has 0 bridgehead atoms. The van der Waals surface area contributed by atoms with Crippen molar-refractivity contribution in [2.75, 3.05) is 23.0 Å². The second-order valence-corrected chi connectivity index (χ2v) is 11.8. The van der Waals surface area contributed by atoms with Crippen molar-refractivity contribution in [3.05, 3.63) is 29.8 Å². The number of carbonyl (C=O) groups excluding carboxylic acids is 2. The van der Waals surface area contributed by atoms with Gasteiger partial charge in [0, 0.05) is 23.9 Å². The van der Waals surface area contributed by atoms with Crippen molar-refractivity contribution in [3.8, 4) is 0 Å². The number of nitrogens with zero attached hydrogens (tertiary/aromatic N) is 2. The van der Waals surface area contributed by atoms with Crippen molar-refractivity contribution >= 4 is 44.5 Å². The molecule has 1 aromatic carbocycles. The normalized spacial score (nSPS) is 24.0. The molecule has 2 heterocycles. The van der Waals surface area contributed by atoms with Gasteiger partial charge in [0.15, 0.2) is 15.0 Å². The van der Waals surface area contributed by atoms with Crippen molar-refractivity contribution in [1.29, 1.82) is 0 Å². The van der Waals surface area contributed by atoms with Crippen LogP contribution in [0.5, 0.6) is 0 Å². The number of rotatable bonds is 4. The number of sulfone groups is 1. The highest BCUT2D eigenvalue weighted by Crippen LogP contribution is 2.41. The van der Waals surface area contributed by atoms with Crippen molar-refractivity contribution in [2.24, 2.45) is 4.99 Å². The Morgan fingerprint density at radius 3 is 2.70 bits per heavy atom. The minimum atomic E-state index is -3.11. The van der Waals surface area contributed by atoms with E-state index in [1.165, 1.54) is 11.8 Å². The Balaban J connectivity index is 1.71. The van der Waals surface area contributed by atoms with Crippen LogP contribution in [0.25, 0.3) is 0 Å². The summed E-state index contributed by atoms with van der Waals surface area (Å²) < 4.78 is 29.4. The summed E-state index contributed by atoms with van der Waals surface area (Å²) in [4.78, 5) is 30.2. The summed E-state index contributed by atoms with van der Waals surface area (Å²) in [5.74, 6) is -0.251. The molecule has 2 atom stereocenters. The molecule has 2 amide bonds. The van der Waals surface area contributed by atoms with Crippen LogP contribution < -0.4 is 10.2 Å². The molecule has 0 radical (unpaired) electrons. The molecular weight excluding hydrogens is 426 g/mol. The molecule has 1 aromatic rings. The Kier molecular flexibility index (Phi) is 6.47. The van der Waals surface area contributed by atoms with Crippen LogP contribution in [0.2, 0.25) is 0 Å². The van der Waals surface area contributed by atoms with Gasteiger partial charge in [0.2, 0.25) is 5.91 Å². The average molecular weight is 454 g/mol. The third kappa shape index (κ3) is 5.75. The van der Waals surface area contributed by atoms with E-state index in [-0.39, 0.29) is 41.7 Å². The maximum atomic E-state index is 12.4. The number of nitrogens with one attached hydrogen (secondary N) is 1. The van der Waals surface area contributed by atoms with Gasteiger partial charge in [0.1, 0.15) is 5.60 Å². The zero-order valence-corrected chi connectivity index (χ0v) is 19.2. The summed E-state index contributed by atoms with van der Waals surface area (Å²) in [5.41, 5.74) is 1.25. The molecular formula is C20H27N3O5S2. The molecule has 0 aromatic heterocycles. The second kappa shape index (κ2) is 8.58. The third-order valence-corrected chi connectivity index (χ3v) is 7.78. The van der Waals surface area contributed by atoms with Crippen LogP contribution in [0.4, 0.5) is 10.5 Å². The lowest BCUT2D eigenvalue weighted by molar-refractivity contribution is -0.117. The lowest BCUT2D eigenvalue weighted by Crippen LogP contribution is -2.38. The van der Waals surface area contributed by atoms with Crippen LogP contribution >= 0.6 is 11.8 Å². The number of carbonyl (C=O) groups is 2. The van der Waals surface area contributed by atoms with E-state index < -0.39 is 21.5 Å². The molecule has 2 fully saturated rings. The quantitative estimate of drug-likeness (QED) is 0.747. The van der Waals surface area contributed by atoms with E-state index in [4.69, 9.17) is 4.74 Å². The summed E-state index contributed by atoms with van der Waals surface area (Å²) in [6.07, 6.45) is -0.558. The van der Waals surface area contributed by atoms with Crippen molar-refractivity contribution < 1.29 is 22.7 Å². The molecule has 8 nitrogen and oxygen atoms in total. The molecule has 164 valence electrons. The first kappa shape index (κ1) is 22.6. The van der Waals surface area contributed by atoms with Gasteiger partial charge in [-0.3, -0.25) is 4.79 Å². The first-order valence-corrected chi connectivity index (χ1v) is 12.4. The lowest BCUT2D eigenvalue weighted by Gasteiger charge is -2.24. The molecule has 2 aliphatic heterocycles. The second-order valence-electron chi connectivity index (χ2n) is 8.48. The maximum Gasteiger partial charge on any atom is 0.407 e. The van der Waals surface area contributed by atoms with E-state index >= 15 is 0 Å². The van der Waals surface area contributed by atoms with Crippen molar-refractivity contribution in [3.63, 3.8) is 0 Å². The van der Waals surface area contributed by atoms with Crippen LogP contribution in [0, 0.1) is 6.92 Å². The van der Waals surface area contributed by atoms with Crippen LogP contribution in [-0.4, -0.2) is 60.5 Å². The molecule has 30 heavy (non-hydrogen) atoms. The number of amidine groups is 1. The summed E-state index contributed by atoms with van der Waals surface area (Å²) in [5, 5.41) is 2.90. The number of amides is 2. The minimum absolute atomic E-state index is 0.0264. The van der Waals surface area contributed by atoms with Gasteiger partial charge >= 0.3 is 6.09 Å². The van der Waals surface area contributed by atoms with Gasteiger partial charge in [0.25, 0.3) is 0 Å². The predicted octanol–water partition coefficient (Wildman–Crippen LogP) is 2.51. The zero-order valence-electron chi connectivity index (χ0n) is 17.5. The van der Waals surface area contributed by atoms with E-state index in [9.17, 15) is 18.0 Å². The molecule has 1 N–H and O–H groups in total. The largest absolute Gasteiger partial charge is 0.444 e. The van der Waals surface area contributed by atoms with Crippen LogP contribution in [0.1, 0.15) is 32.8 Å². The van der Waals surface area contributed by atoms with Crippen LogP contribution in [-0.2, 0) is 19.4 Å². The standard InChI is InChI=1S/C20H27N3O5S2/c1-13-6-5-7-14(10-13)23-15-11-30(26,27)12-16(15)29-18(23)22-17(24)8-9-21-19(25)28-20(2,3)4/h5-7,10,15-16H,8-9,11-12H2,1-4H3,(H,21,25)/t15-,16+/m1/s1. The molecule has 0 unspecified atom stereocenters. The van der Waals surface area contributed by atoms with Gasteiger partial charge in [-0.1, -0.05) is 23.9 Å². The monoisotopic (exact) mass is 453 g/mol. The summed E-state index contributed by atoms with van der Waals surface area (Å²) in [6.45, 7) is 7.36. The Morgan fingerprint density at radius 1 is 1.30 bits per heavy atom. The number of thioether (sulfide) groups is 1. The molecule has 0 saturated carbocycles. The van der Waals surface area contributed by atoms with Gasteiger partial charge in [-0.25, -0.2) is 13.2 Å². The SMILES string of the molecule is Cc1cccc(N2C(=NC(=O)CCNC(=O)OC(C)(C)C)S[C@H]3CS(=O)(=O)C[C@H]32)c1. The zero-order chi connectivity index (χ0) is 22.1. The van der Waals surface area contributed by atoms with Crippen molar-refractivity contribution in [2.45, 2.75) is 51.0 Å². The summed E-state index contributed by atoms with van der Waals surface area (Å²) >= 11 is 1.33. The number of aliphatic imine (C=N–C) groups is 1. The number of aryl methyl sites for hydroxylation is 1. The Hall–Kier alpha value is -2.07. The van der Waals surface area contributed by atoms with Crippen LogP contribution in [0.15, 0.2) is 29.3 Å². The number of hydrogen-bond acceptors (Lipinski definition) is 6. The fourth-order valence-corrected chi connectivity index (χ4v) is 7.32. The van der Waals surface area contributed by atoms with Gasteiger partial charge in [0.05, 0.1) is 17.5 Å². The number of fused-ring (bicyclic) bond motifs is 1. The third-order valence-electron chi connectivity index (χ3n) is 4.57. The molecule has 0 spiro atoms. The number of benzene rings is 1. The molecule has 0 aliphatic carbocycles. The van der Waals surface area contributed by atoms with E-state index in [0.717, 1.165) is 11.3 Å². The number of ether oxygens (including phenoxy) is 1. The Bertz CT molecular complexity index is 969. The van der Waals surface area contributed by atoms with E-state index in [0.29, 0.717) is 5.17 Å². The summed E-state index contributed by atoms with van der Waals surface area (Å²) in [7, 11) is -3.11. The van der Waals surface area contributed by atoms with E-state index in [1.807, 2.05) is 36.1 Å². The highest BCUT2D eigenvalue weighted by atomic mass is 32.2. The highest BCUT2D eigenvalue weighted by Gasteiger charge is 2.49. The highest BCUT2D eigenvalue weighted by molar-refractivity contribution is 8.16.